The molecule has 0 radical (unpaired) electrons. The minimum absolute atomic E-state index is 0.0937. The molecule has 142 valence electrons. The average Bonchev–Trinajstić information content (AvgIpc) is 2.68. The molecule has 7 heteroatoms. The highest BCUT2D eigenvalue weighted by atomic mass is 16.7. The van der Waals surface area contributed by atoms with Gasteiger partial charge in [-0.05, 0) is 24.6 Å². The lowest BCUT2D eigenvalue weighted by molar-refractivity contribution is -0.385. The summed E-state index contributed by atoms with van der Waals surface area (Å²) < 4.78 is 10.9. The lowest BCUT2D eigenvalue weighted by atomic mass is 10.1. The van der Waals surface area contributed by atoms with Gasteiger partial charge in [0.1, 0.15) is 5.75 Å². The van der Waals surface area contributed by atoms with Crippen LogP contribution in [0.1, 0.15) is 16.7 Å². The number of hydrogen-bond acceptors (Lipinski definition) is 6. The van der Waals surface area contributed by atoms with Crippen LogP contribution in [0.3, 0.4) is 0 Å². The molecule has 1 saturated heterocycles. The van der Waals surface area contributed by atoms with Crippen LogP contribution >= 0.6 is 0 Å². The Morgan fingerprint density at radius 3 is 2.70 bits per heavy atom. The zero-order valence-corrected chi connectivity index (χ0v) is 15.4. The van der Waals surface area contributed by atoms with Gasteiger partial charge in [0, 0.05) is 61.7 Å². The van der Waals surface area contributed by atoms with E-state index < -0.39 is 0 Å². The van der Waals surface area contributed by atoms with E-state index in [1.54, 1.807) is 12.1 Å². The summed E-state index contributed by atoms with van der Waals surface area (Å²) in [5, 5.41) is 11.3. The maximum absolute atomic E-state index is 11.3. The third-order valence-corrected chi connectivity index (χ3v) is 5.12. The van der Waals surface area contributed by atoms with Gasteiger partial charge in [-0.1, -0.05) is 12.1 Å². The quantitative estimate of drug-likeness (QED) is 0.609. The van der Waals surface area contributed by atoms with Crippen molar-refractivity contribution in [3.8, 4) is 5.75 Å². The predicted octanol–water partition coefficient (Wildman–Crippen LogP) is 3.09. The van der Waals surface area contributed by atoms with Gasteiger partial charge in [0.25, 0.3) is 5.69 Å². The summed E-state index contributed by atoms with van der Waals surface area (Å²) in [6.07, 6.45) is 0. The number of benzene rings is 2. The number of aryl methyl sites for hydroxylation is 1. The molecule has 7 nitrogen and oxygen atoms in total. The number of piperazine rings is 1. The zero-order chi connectivity index (χ0) is 18.8. The molecule has 2 aromatic rings. The van der Waals surface area contributed by atoms with Crippen molar-refractivity contribution < 1.29 is 14.4 Å². The summed E-state index contributed by atoms with van der Waals surface area (Å²) in [5.74, 6) is 0.743. The minimum atomic E-state index is -0.353. The molecule has 0 saturated carbocycles. The van der Waals surface area contributed by atoms with E-state index in [4.69, 9.17) is 9.47 Å². The van der Waals surface area contributed by atoms with E-state index in [-0.39, 0.29) is 17.4 Å². The van der Waals surface area contributed by atoms with Gasteiger partial charge in [0.15, 0.2) is 6.79 Å². The van der Waals surface area contributed by atoms with Crippen LogP contribution < -0.4 is 9.64 Å². The first-order chi connectivity index (χ1) is 13.1. The van der Waals surface area contributed by atoms with Crippen LogP contribution in [0.15, 0.2) is 36.4 Å². The summed E-state index contributed by atoms with van der Waals surface area (Å²) in [6, 6.07) is 11.7. The normalized spacial score (nSPS) is 17.3. The lowest BCUT2D eigenvalue weighted by Gasteiger charge is -2.36. The number of nitro groups is 1. The first kappa shape index (κ1) is 17.8. The molecule has 27 heavy (non-hydrogen) atoms. The molecule has 2 heterocycles. The number of non-ortho nitro benzene ring substituents is 1. The van der Waals surface area contributed by atoms with Crippen molar-refractivity contribution in [2.24, 2.45) is 0 Å². The Kier molecular flexibility index (Phi) is 4.96. The van der Waals surface area contributed by atoms with E-state index in [0.717, 1.165) is 43.1 Å². The Hall–Kier alpha value is -2.64. The second-order valence-corrected chi connectivity index (χ2v) is 7.06. The summed E-state index contributed by atoms with van der Waals surface area (Å²) in [6.45, 7) is 6.98. The number of rotatable bonds is 4. The van der Waals surface area contributed by atoms with Crippen LogP contribution in [-0.4, -0.2) is 42.8 Å². The number of fused-ring (bicyclic) bond motifs is 1. The van der Waals surface area contributed by atoms with Crippen molar-refractivity contribution in [1.82, 2.24) is 4.90 Å². The predicted molar refractivity (Wildman–Crippen MR) is 102 cm³/mol. The first-order valence-electron chi connectivity index (χ1n) is 9.15. The zero-order valence-electron chi connectivity index (χ0n) is 15.4. The number of nitro benzene ring substituents is 1. The average molecular weight is 369 g/mol. The SMILES string of the molecule is Cc1cccc(N2CCN(Cc3cc([N+](=O)[O-])cc4c3OCOC4)CC2)c1. The maximum atomic E-state index is 11.3. The van der Waals surface area contributed by atoms with E-state index in [9.17, 15) is 10.1 Å². The minimum Gasteiger partial charge on any atom is -0.467 e. The lowest BCUT2D eigenvalue weighted by Crippen LogP contribution is -2.46. The van der Waals surface area contributed by atoms with Gasteiger partial charge in [-0.15, -0.1) is 0 Å². The van der Waals surface area contributed by atoms with E-state index >= 15 is 0 Å². The van der Waals surface area contributed by atoms with Crippen molar-refractivity contribution in [3.05, 3.63) is 63.2 Å². The van der Waals surface area contributed by atoms with Crippen molar-refractivity contribution in [1.29, 1.82) is 0 Å². The second-order valence-electron chi connectivity index (χ2n) is 7.06. The Labute approximate surface area is 158 Å². The molecule has 0 N–H and O–H groups in total. The highest BCUT2D eigenvalue weighted by molar-refractivity contribution is 5.51. The molecule has 1 fully saturated rings. The number of nitrogens with zero attached hydrogens (tertiary/aromatic N) is 3. The van der Waals surface area contributed by atoms with Gasteiger partial charge in [0.05, 0.1) is 11.5 Å². The van der Waals surface area contributed by atoms with E-state index in [2.05, 4.69) is 41.0 Å². The fraction of sp³-hybridized carbons (Fsp3) is 0.400. The fourth-order valence-corrected chi connectivity index (χ4v) is 3.73. The van der Waals surface area contributed by atoms with Crippen LogP contribution in [0.5, 0.6) is 5.75 Å². The van der Waals surface area contributed by atoms with Gasteiger partial charge >= 0.3 is 0 Å². The molecule has 0 aliphatic carbocycles. The number of anilines is 1. The largest absolute Gasteiger partial charge is 0.467 e. The Bertz CT molecular complexity index is 847. The highest BCUT2D eigenvalue weighted by Gasteiger charge is 2.24. The van der Waals surface area contributed by atoms with Crippen molar-refractivity contribution >= 4 is 11.4 Å². The van der Waals surface area contributed by atoms with Gasteiger partial charge in [-0.2, -0.15) is 0 Å². The highest BCUT2D eigenvalue weighted by Crippen LogP contribution is 2.33. The molecule has 0 unspecified atom stereocenters. The monoisotopic (exact) mass is 369 g/mol. The van der Waals surface area contributed by atoms with Crippen LogP contribution in [-0.2, 0) is 17.9 Å². The molecule has 0 atom stereocenters. The number of ether oxygens (including phenoxy) is 2. The van der Waals surface area contributed by atoms with Crippen LogP contribution in [0, 0.1) is 17.0 Å². The Morgan fingerprint density at radius 2 is 1.96 bits per heavy atom. The molecule has 0 bridgehead atoms. The fourth-order valence-electron chi connectivity index (χ4n) is 3.73. The topological polar surface area (TPSA) is 68.1 Å². The molecule has 2 aromatic carbocycles. The molecule has 0 spiro atoms. The van der Waals surface area contributed by atoms with Gasteiger partial charge in [0.2, 0.25) is 0 Å². The van der Waals surface area contributed by atoms with Gasteiger partial charge in [-0.3, -0.25) is 15.0 Å². The summed E-state index contributed by atoms with van der Waals surface area (Å²) in [4.78, 5) is 15.6. The van der Waals surface area contributed by atoms with E-state index in [1.807, 2.05) is 0 Å². The summed E-state index contributed by atoms with van der Waals surface area (Å²) in [5.41, 5.74) is 4.23. The van der Waals surface area contributed by atoms with Crippen molar-refractivity contribution in [2.45, 2.75) is 20.1 Å². The molecular formula is C20H23N3O4. The smallest absolute Gasteiger partial charge is 0.270 e. The standard InChI is InChI=1S/C20H23N3O4/c1-15-3-2-4-18(9-15)22-7-5-21(6-8-22)12-16-10-19(23(24)25)11-17-13-26-14-27-20(16)17/h2-4,9-11H,5-8,12-14H2,1H3. The maximum Gasteiger partial charge on any atom is 0.270 e. The molecule has 0 aromatic heterocycles. The van der Waals surface area contributed by atoms with Crippen molar-refractivity contribution in [3.63, 3.8) is 0 Å². The van der Waals surface area contributed by atoms with Gasteiger partial charge < -0.3 is 14.4 Å². The first-order valence-corrected chi connectivity index (χ1v) is 9.15. The van der Waals surface area contributed by atoms with Gasteiger partial charge in [-0.25, -0.2) is 0 Å². The Morgan fingerprint density at radius 1 is 1.15 bits per heavy atom. The molecule has 2 aliphatic rings. The van der Waals surface area contributed by atoms with E-state index in [1.165, 1.54) is 11.3 Å². The molecule has 2 aliphatic heterocycles. The third-order valence-electron chi connectivity index (χ3n) is 5.12. The van der Waals surface area contributed by atoms with Crippen LogP contribution in [0.25, 0.3) is 0 Å². The van der Waals surface area contributed by atoms with Crippen LogP contribution in [0.4, 0.5) is 11.4 Å². The Balaban J connectivity index is 1.47. The summed E-state index contributed by atoms with van der Waals surface area (Å²) in [7, 11) is 0. The molecule has 4 rings (SSSR count). The molecule has 0 amide bonds. The van der Waals surface area contributed by atoms with E-state index in [0.29, 0.717) is 13.2 Å². The third kappa shape index (κ3) is 3.89. The summed E-state index contributed by atoms with van der Waals surface area (Å²) >= 11 is 0. The number of hydrogen-bond donors (Lipinski definition) is 0. The molecular weight excluding hydrogens is 346 g/mol. The van der Waals surface area contributed by atoms with Crippen LogP contribution in [0.2, 0.25) is 0 Å². The second kappa shape index (κ2) is 7.54. The van der Waals surface area contributed by atoms with Crippen molar-refractivity contribution in [2.75, 3.05) is 37.9 Å².